The Bertz CT molecular complexity index is 1150. The minimum absolute atomic E-state index is 0.0497. The summed E-state index contributed by atoms with van der Waals surface area (Å²) in [6, 6.07) is 19.0. The van der Waals surface area contributed by atoms with Crippen LogP contribution < -0.4 is 10.0 Å². The number of rotatable bonds is 6. The van der Waals surface area contributed by atoms with Gasteiger partial charge in [-0.3, -0.25) is 4.79 Å². The van der Waals surface area contributed by atoms with Crippen LogP contribution in [0.4, 0.5) is 5.69 Å². The van der Waals surface area contributed by atoms with Crippen molar-refractivity contribution >= 4 is 33.2 Å². The van der Waals surface area contributed by atoms with E-state index < -0.39 is 15.9 Å². The summed E-state index contributed by atoms with van der Waals surface area (Å²) in [6.07, 6.45) is 0. The number of carbonyl (C=O) groups excluding carboxylic acids is 1. The standard InChI is InChI=1S/C22H21ClN2O3S/c1-15-8-11-20(16(2)12-15)25-22(26)18-9-10-19(23)21(13-18)29(27,28)24-14-17-6-4-3-5-7-17/h3-13,24H,14H2,1-2H3,(H,25,26). The first-order valence-corrected chi connectivity index (χ1v) is 10.8. The molecule has 0 aliphatic rings. The SMILES string of the molecule is Cc1ccc(NC(=O)c2ccc(Cl)c(S(=O)(=O)NCc3ccccc3)c2)c(C)c1. The molecular weight excluding hydrogens is 408 g/mol. The topological polar surface area (TPSA) is 75.3 Å². The average molecular weight is 429 g/mol. The number of amides is 1. The number of anilines is 1. The van der Waals surface area contributed by atoms with Gasteiger partial charge in [0.15, 0.2) is 0 Å². The molecular formula is C22H21ClN2O3S. The summed E-state index contributed by atoms with van der Waals surface area (Å²) in [7, 11) is -3.89. The Morgan fingerprint density at radius 2 is 1.69 bits per heavy atom. The van der Waals surface area contributed by atoms with Crippen molar-refractivity contribution < 1.29 is 13.2 Å². The Hall–Kier alpha value is -2.67. The molecule has 1 amide bonds. The van der Waals surface area contributed by atoms with E-state index in [4.69, 9.17) is 11.6 Å². The number of hydrogen-bond acceptors (Lipinski definition) is 3. The first-order valence-electron chi connectivity index (χ1n) is 8.98. The lowest BCUT2D eigenvalue weighted by atomic mass is 10.1. The van der Waals surface area contributed by atoms with Crippen molar-refractivity contribution in [2.45, 2.75) is 25.3 Å². The Morgan fingerprint density at radius 1 is 0.966 bits per heavy atom. The lowest BCUT2D eigenvalue weighted by molar-refractivity contribution is 0.102. The number of aryl methyl sites for hydroxylation is 2. The predicted octanol–water partition coefficient (Wildman–Crippen LogP) is 4.69. The monoisotopic (exact) mass is 428 g/mol. The van der Waals surface area contributed by atoms with Crippen LogP contribution in [-0.2, 0) is 16.6 Å². The summed E-state index contributed by atoms with van der Waals surface area (Å²) in [4.78, 5) is 12.5. The van der Waals surface area contributed by atoms with E-state index in [1.165, 1.54) is 18.2 Å². The van der Waals surface area contributed by atoms with Crippen molar-refractivity contribution in [3.05, 3.63) is 94.0 Å². The van der Waals surface area contributed by atoms with Crippen LogP contribution in [0.3, 0.4) is 0 Å². The summed E-state index contributed by atoms with van der Waals surface area (Å²) in [5.41, 5.74) is 3.70. The highest BCUT2D eigenvalue weighted by molar-refractivity contribution is 7.89. The van der Waals surface area contributed by atoms with Gasteiger partial charge >= 0.3 is 0 Å². The molecule has 0 unspecified atom stereocenters. The van der Waals surface area contributed by atoms with Crippen molar-refractivity contribution in [1.82, 2.24) is 4.72 Å². The molecule has 0 radical (unpaired) electrons. The highest BCUT2D eigenvalue weighted by Crippen LogP contribution is 2.24. The van der Waals surface area contributed by atoms with E-state index in [9.17, 15) is 13.2 Å². The fourth-order valence-electron chi connectivity index (χ4n) is 2.85. The third-order valence-corrected chi connectivity index (χ3v) is 6.30. The van der Waals surface area contributed by atoms with E-state index in [0.717, 1.165) is 16.7 Å². The van der Waals surface area contributed by atoms with E-state index in [0.29, 0.717) is 5.69 Å². The third-order valence-electron chi connectivity index (χ3n) is 4.42. The van der Waals surface area contributed by atoms with E-state index in [1.54, 1.807) is 0 Å². The van der Waals surface area contributed by atoms with Gasteiger partial charge in [-0.2, -0.15) is 0 Å². The third kappa shape index (κ3) is 5.23. The van der Waals surface area contributed by atoms with Crippen molar-refractivity contribution in [3.63, 3.8) is 0 Å². The number of sulfonamides is 1. The number of nitrogens with one attached hydrogen (secondary N) is 2. The van der Waals surface area contributed by atoms with Gasteiger partial charge in [0.1, 0.15) is 4.90 Å². The molecule has 3 aromatic rings. The second kappa shape index (κ2) is 8.78. The lowest BCUT2D eigenvalue weighted by Crippen LogP contribution is -2.24. The normalized spacial score (nSPS) is 11.3. The molecule has 0 fully saturated rings. The van der Waals surface area contributed by atoms with Crippen LogP contribution in [0.2, 0.25) is 5.02 Å². The van der Waals surface area contributed by atoms with Crippen LogP contribution in [0.1, 0.15) is 27.0 Å². The van der Waals surface area contributed by atoms with Crippen molar-refractivity contribution in [2.75, 3.05) is 5.32 Å². The number of benzene rings is 3. The molecule has 0 saturated carbocycles. The molecule has 0 aliphatic carbocycles. The van der Waals surface area contributed by atoms with Crippen LogP contribution >= 0.6 is 11.6 Å². The van der Waals surface area contributed by atoms with Crippen LogP contribution in [-0.4, -0.2) is 14.3 Å². The summed E-state index contributed by atoms with van der Waals surface area (Å²) >= 11 is 6.12. The van der Waals surface area contributed by atoms with Gasteiger partial charge in [0.2, 0.25) is 10.0 Å². The molecule has 0 spiro atoms. The van der Waals surface area contributed by atoms with Gasteiger partial charge in [-0.05, 0) is 49.2 Å². The largest absolute Gasteiger partial charge is 0.322 e. The summed E-state index contributed by atoms with van der Waals surface area (Å²) in [5.74, 6) is -0.409. The number of halogens is 1. The highest BCUT2D eigenvalue weighted by Gasteiger charge is 2.20. The molecule has 0 bridgehead atoms. The molecule has 150 valence electrons. The Kier molecular flexibility index (Phi) is 6.37. The zero-order valence-corrected chi connectivity index (χ0v) is 17.6. The molecule has 0 aliphatic heterocycles. The molecule has 0 aromatic heterocycles. The van der Waals surface area contributed by atoms with Crippen LogP contribution in [0.25, 0.3) is 0 Å². The van der Waals surface area contributed by atoms with E-state index >= 15 is 0 Å². The summed E-state index contributed by atoms with van der Waals surface area (Å²) < 4.78 is 28.0. The molecule has 29 heavy (non-hydrogen) atoms. The second-order valence-electron chi connectivity index (χ2n) is 6.73. The van der Waals surface area contributed by atoms with Gasteiger partial charge in [-0.1, -0.05) is 59.6 Å². The fourth-order valence-corrected chi connectivity index (χ4v) is 4.39. The highest BCUT2D eigenvalue weighted by atomic mass is 35.5. The summed E-state index contributed by atoms with van der Waals surface area (Å²) in [6.45, 7) is 3.99. The Morgan fingerprint density at radius 3 is 2.38 bits per heavy atom. The molecule has 5 nitrogen and oxygen atoms in total. The number of carbonyl (C=O) groups is 1. The van der Waals surface area contributed by atoms with Crippen molar-refractivity contribution in [1.29, 1.82) is 0 Å². The van der Waals surface area contributed by atoms with E-state index in [-0.39, 0.29) is 22.0 Å². The van der Waals surface area contributed by atoms with Crippen LogP contribution in [0.5, 0.6) is 0 Å². The van der Waals surface area contributed by atoms with E-state index in [2.05, 4.69) is 10.0 Å². The Labute approximate surface area is 175 Å². The molecule has 0 atom stereocenters. The molecule has 0 saturated heterocycles. The molecule has 7 heteroatoms. The Balaban J connectivity index is 1.82. The van der Waals surface area contributed by atoms with Gasteiger partial charge in [0.25, 0.3) is 5.91 Å². The first-order chi connectivity index (χ1) is 13.8. The van der Waals surface area contributed by atoms with Crippen LogP contribution in [0, 0.1) is 13.8 Å². The van der Waals surface area contributed by atoms with Crippen molar-refractivity contribution in [3.8, 4) is 0 Å². The summed E-state index contributed by atoms with van der Waals surface area (Å²) in [5, 5.41) is 2.86. The lowest BCUT2D eigenvalue weighted by Gasteiger charge is -2.12. The maximum atomic E-state index is 12.7. The predicted molar refractivity (Wildman–Crippen MR) is 116 cm³/mol. The van der Waals surface area contributed by atoms with E-state index in [1.807, 2.05) is 62.4 Å². The molecule has 3 aromatic carbocycles. The smallest absolute Gasteiger partial charge is 0.255 e. The van der Waals surface area contributed by atoms with Gasteiger partial charge in [0.05, 0.1) is 5.02 Å². The van der Waals surface area contributed by atoms with Gasteiger partial charge in [-0.25, -0.2) is 13.1 Å². The molecule has 2 N–H and O–H groups in total. The van der Waals surface area contributed by atoms with Gasteiger partial charge in [0, 0.05) is 17.8 Å². The zero-order valence-electron chi connectivity index (χ0n) is 16.1. The second-order valence-corrected chi connectivity index (χ2v) is 8.87. The van der Waals surface area contributed by atoms with Gasteiger partial charge < -0.3 is 5.32 Å². The number of hydrogen-bond donors (Lipinski definition) is 2. The zero-order chi connectivity index (χ0) is 21.0. The molecule has 3 rings (SSSR count). The minimum atomic E-state index is -3.89. The minimum Gasteiger partial charge on any atom is -0.322 e. The van der Waals surface area contributed by atoms with Gasteiger partial charge in [-0.15, -0.1) is 0 Å². The van der Waals surface area contributed by atoms with Crippen molar-refractivity contribution in [2.24, 2.45) is 0 Å². The maximum Gasteiger partial charge on any atom is 0.255 e. The quantitative estimate of drug-likeness (QED) is 0.598. The molecule has 0 heterocycles. The average Bonchev–Trinajstić information content (AvgIpc) is 2.69. The fraction of sp³-hybridized carbons (Fsp3) is 0.136. The first kappa shape index (κ1) is 21.0. The maximum absolute atomic E-state index is 12.7. The van der Waals surface area contributed by atoms with Crippen LogP contribution in [0.15, 0.2) is 71.6 Å².